The topological polar surface area (TPSA) is 114 Å². The average Bonchev–Trinajstić information content (AvgIpc) is 3.25. The Balaban J connectivity index is 1.23. The van der Waals surface area contributed by atoms with E-state index in [1.165, 1.54) is 6.07 Å². The van der Waals surface area contributed by atoms with Gasteiger partial charge in [-0.1, -0.05) is 6.07 Å². The van der Waals surface area contributed by atoms with Gasteiger partial charge in [0.05, 0.1) is 6.54 Å². The third kappa shape index (κ3) is 5.22. The van der Waals surface area contributed by atoms with E-state index in [0.717, 1.165) is 37.6 Å². The number of nitrogens with one attached hydrogen (secondary N) is 2. The summed E-state index contributed by atoms with van der Waals surface area (Å²) in [5, 5.41) is 16.3. The van der Waals surface area contributed by atoms with E-state index in [2.05, 4.69) is 27.5 Å². The molecule has 0 bridgehead atoms. The Morgan fingerprint density at radius 2 is 1.92 bits per heavy atom. The standard InChI is InChI=1S/C27H32FN5O5/c1-31-9-11-32(12-10-31)13-14-38-19-5-6-22(28)18(15-19)16-29-23-4-2-3-20-21(23)17-33(25(20)35)27(37)8-7-24(34)30-26(27)36/h2-6,15,29,37H,7-14,16-17H2,1H3,(H,30,34,36). The number of imide groups is 1. The lowest BCUT2D eigenvalue weighted by Crippen LogP contribution is -2.63. The van der Waals surface area contributed by atoms with Crippen molar-refractivity contribution in [1.29, 1.82) is 0 Å². The molecule has 3 heterocycles. The quantitative estimate of drug-likeness (QED) is 0.440. The molecular formula is C27H32FN5O5. The lowest BCUT2D eigenvalue weighted by Gasteiger charge is -2.37. The molecule has 0 aromatic heterocycles. The number of aliphatic hydroxyl groups is 1. The second kappa shape index (κ2) is 10.7. The maximum Gasteiger partial charge on any atom is 0.279 e. The molecule has 2 saturated heterocycles. The molecule has 11 heteroatoms. The van der Waals surface area contributed by atoms with E-state index in [1.54, 1.807) is 30.3 Å². The Morgan fingerprint density at radius 1 is 1.13 bits per heavy atom. The number of anilines is 1. The maximum absolute atomic E-state index is 14.6. The van der Waals surface area contributed by atoms with Crippen LogP contribution in [0.15, 0.2) is 36.4 Å². The zero-order valence-corrected chi connectivity index (χ0v) is 21.3. The van der Waals surface area contributed by atoms with Crippen molar-refractivity contribution in [3.05, 3.63) is 58.9 Å². The lowest BCUT2D eigenvalue weighted by atomic mass is 10.00. The number of likely N-dealkylation sites (N-methyl/N-ethyl adjacent to an activating group) is 1. The van der Waals surface area contributed by atoms with Crippen molar-refractivity contribution in [3.63, 3.8) is 0 Å². The van der Waals surface area contributed by atoms with Gasteiger partial charge in [-0.25, -0.2) is 4.39 Å². The van der Waals surface area contributed by atoms with Gasteiger partial charge in [0.2, 0.25) is 11.6 Å². The van der Waals surface area contributed by atoms with Crippen LogP contribution in [-0.2, 0) is 22.7 Å². The number of carbonyl (C=O) groups is 3. The maximum atomic E-state index is 14.6. The van der Waals surface area contributed by atoms with Crippen molar-refractivity contribution < 1.29 is 28.6 Å². The number of fused-ring (bicyclic) bond motifs is 1. The van der Waals surface area contributed by atoms with Gasteiger partial charge in [-0.2, -0.15) is 0 Å². The van der Waals surface area contributed by atoms with Crippen LogP contribution in [-0.4, -0.2) is 89.6 Å². The fraction of sp³-hybridized carbons (Fsp3) is 0.444. The van der Waals surface area contributed by atoms with Crippen LogP contribution in [0.25, 0.3) is 0 Å². The lowest BCUT2D eigenvalue weighted by molar-refractivity contribution is -0.167. The van der Waals surface area contributed by atoms with E-state index in [0.29, 0.717) is 34.7 Å². The minimum absolute atomic E-state index is 0.0205. The van der Waals surface area contributed by atoms with Crippen LogP contribution in [0.1, 0.15) is 34.3 Å². The van der Waals surface area contributed by atoms with E-state index >= 15 is 0 Å². The van der Waals surface area contributed by atoms with E-state index < -0.39 is 23.4 Å². The first kappa shape index (κ1) is 26.1. The van der Waals surface area contributed by atoms with Gasteiger partial charge in [-0.05, 0) is 37.4 Å². The molecule has 1 atom stereocenters. The van der Waals surface area contributed by atoms with E-state index in [9.17, 15) is 23.9 Å². The van der Waals surface area contributed by atoms with Gasteiger partial charge in [-0.15, -0.1) is 0 Å². The molecule has 2 aromatic rings. The summed E-state index contributed by atoms with van der Waals surface area (Å²) in [6, 6.07) is 9.72. The van der Waals surface area contributed by atoms with Gasteiger partial charge in [0.1, 0.15) is 18.2 Å². The molecule has 2 fully saturated rings. The van der Waals surface area contributed by atoms with Gasteiger partial charge in [-0.3, -0.25) is 29.5 Å². The smallest absolute Gasteiger partial charge is 0.279 e. The second-order valence-electron chi connectivity index (χ2n) is 10.0. The van der Waals surface area contributed by atoms with Crippen molar-refractivity contribution in [2.24, 2.45) is 0 Å². The van der Waals surface area contributed by atoms with Crippen LogP contribution in [0.3, 0.4) is 0 Å². The number of nitrogens with zero attached hydrogens (tertiary/aromatic N) is 3. The molecule has 2 aromatic carbocycles. The monoisotopic (exact) mass is 525 g/mol. The molecule has 0 spiro atoms. The van der Waals surface area contributed by atoms with Crippen molar-refractivity contribution in [3.8, 4) is 5.75 Å². The van der Waals surface area contributed by atoms with Gasteiger partial charge < -0.3 is 20.1 Å². The Hall–Kier alpha value is -3.54. The molecule has 3 N–H and O–H groups in total. The van der Waals surface area contributed by atoms with Crippen molar-refractivity contribution in [2.45, 2.75) is 31.7 Å². The first-order valence-electron chi connectivity index (χ1n) is 12.8. The zero-order valence-electron chi connectivity index (χ0n) is 21.3. The fourth-order valence-corrected chi connectivity index (χ4v) is 5.08. The van der Waals surface area contributed by atoms with Crippen LogP contribution < -0.4 is 15.4 Å². The van der Waals surface area contributed by atoms with Crippen LogP contribution in [0.2, 0.25) is 0 Å². The van der Waals surface area contributed by atoms with Gasteiger partial charge >= 0.3 is 0 Å². The largest absolute Gasteiger partial charge is 0.492 e. The van der Waals surface area contributed by atoms with Crippen LogP contribution >= 0.6 is 0 Å². The number of carbonyl (C=O) groups excluding carboxylic acids is 3. The van der Waals surface area contributed by atoms with Crippen LogP contribution in [0.5, 0.6) is 5.75 Å². The van der Waals surface area contributed by atoms with E-state index in [1.807, 2.05) is 0 Å². The summed E-state index contributed by atoms with van der Waals surface area (Å²) in [6.07, 6.45) is -0.243. The van der Waals surface area contributed by atoms with Crippen molar-refractivity contribution in [1.82, 2.24) is 20.0 Å². The Bertz CT molecular complexity index is 1250. The number of benzene rings is 2. The van der Waals surface area contributed by atoms with Crippen molar-refractivity contribution >= 4 is 23.4 Å². The van der Waals surface area contributed by atoms with Crippen LogP contribution in [0.4, 0.5) is 10.1 Å². The summed E-state index contributed by atoms with van der Waals surface area (Å²) in [7, 11) is 2.11. The molecule has 0 saturated carbocycles. The zero-order chi connectivity index (χ0) is 26.9. The van der Waals surface area contributed by atoms with Gasteiger partial charge in [0.15, 0.2) is 0 Å². The van der Waals surface area contributed by atoms with Gasteiger partial charge in [0, 0.05) is 74.5 Å². The predicted octanol–water partition coefficient (Wildman–Crippen LogP) is 1.15. The number of rotatable bonds is 8. The summed E-state index contributed by atoms with van der Waals surface area (Å²) in [5.41, 5.74) is -0.173. The van der Waals surface area contributed by atoms with Crippen molar-refractivity contribution in [2.75, 3.05) is 51.7 Å². The molecule has 3 aliphatic heterocycles. The third-order valence-electron chi connectivity index (χ3n) is 7.49. The average molecular weight is 526 g/mol. The molecule has 38 heavy (non-hydrogen) atoms. The number of hydrogen-bond donors (Lipinski definition) is 3. The first-order chi connectivity index (χ1) is 18.2. The second-order valence-corrected chi connectivity index (χ2v) is 10.0. The fourth-order valence-electron chi connectivity index (χ4n) is 5.08. The highest BCUT2D eigenvalue weighted by atomic mass is 19.1. The number of piperazine rings is 1. The molecule has 0 aliphatic carbocycles. The number of hydrogen-bond acceptors (Lipinski definition) is 8. The molecule has 5 rings (SSSR count). The Morgan fingerprint density at radius 3 is 2.68 bits per heavy atom. The summed E-state index contributed by atoms with van der Waals surface area (Å²) >= 11 is 0. The molecular weight excluding hydrogens is 493 g/mol. The highest BCUT2D eigenvalue weighted by molar-refractivity contribution is 6.07. The highest BCUT2D eigenvalue weighted by Crippen LogP contribution is 2.36. The SMILES string of the molecule is CN1CCN(CCOc2ccc(F)c(CNc3cccc4c3CN(C3(O)CCC(=O)NC3=O)C4=O)c2)CC1. The van der Waals surface area contributed by atoms with Gasteiger partial charge in [0.25, 0.3) is 11.8 Å². The molecule has 1 unspecified atom stereocenters. The number of piperidine rings is 1. The number of ether oxygens (including phenoxy) is 1. The molecule has 3 aliphatic rings. The Labute approximate surface area is 220 Å². The van der Waals surface area contributed by atoms with Crippen LogP contribution in [0, 0.1) is 5.82 Å². The normalized spacial score (nSPS) is 22.4. The first-order valence-corrected chi connectivity index (χ1v) is 12.8. The molecule has 0 radical (unpaired) electrons. The van der Waals surface area contributed by atoms with E-state index in [-0.39, 0.29) is 31.7 Å². The predicted molar refractivity (Wildman–Crippen MR) is 137 cm³/mol. The third-order valence-corrected chi connectivity index (χ3v) is 7.49. The van der Waals surface area contributed by atoms with E-state index in [4.69, 9.17) is 4.74 Å². The minimum Gasteiger partial charge on any atom is -0.492 e. The number of amides is 3. The highest BCUT2D eigenvalue weighted by Gasteiger charge is 2.51. The summed E-state index contributed by atoms with van der Waals surface area (Å²) in [5.74, 6) is -1.70. The molecule has 202 valence electrons. The number of halogens is 1. The molecule has 10 nitrogen and oxygen atoms in total. The minimum atomic E-state index is -2.11. The summed E-state index contributed by atoms with van der Waals surface area (Å²) in [6.45, 7) is 5.50. The Kier molecular flexibility index (Phi) is 7.33. The summed E-state index contributed by atoms with van der Waals surface area (Å²) in [4.78, 5) is 42.7. The summed E-state index contributed by atoms with van der Waals surface area (Å²) < 4.78 is 20.5. The molecule has 3 amide bonds.